The second kappa shape index (κ2) is 2.59. The first-order chi connectivity index (χ1) is 6.81. The monoisotopic (exact) mass is 188 g/mol. The number of esters is 1. The van der Waals surface area contributed by atoms with Crippen molar-refractivity contribution in [3.05, 3.63) is 36.0 Å². The molecule has 0 N–H and O–H groups in total. The summed E-state index contributed by atoms with van der Waals surface area (Å²) in [7, 11) is 1.45. The molecule has 0 saturated carbocycles. The zero-order chi connectivity index (χ0) is 9.71. The molecule has 0 unspecified atom stereocenters. The van der Waals surface area contributed by atoms with Crippen LogP contribution in [0.4, 0.5) is 0 Å². The Bertz CT molecular complexity index is 376. The first-order valence-corrected chi connectivity index (χ1v) is 4.98. The lowest BCUT2D eigenvalue weighted by molar-refractivity contribution is -0.136. The van der Waals surface area contributed by atoms with E-state index in [0.29, 0.717) is 23.7 Å². The highest BCUT2D eigenvalue weighted by Gasteiger charge is 2.46. The minimum atomic E-state index is -0.164. The number of rotatable bonds is 1. The summed E-state index contributed by atoms with van der Waals surface area (Å²) in [5.41, 5.74) is 0.852. The van der Waals surface area contributed by atoms with E-state index in [1.165, 1.54) is 7.11 Å². The van der Waals surface area contributed by atoms with Gasteiger partial charge in [-0.1, -0.05) is 30.4 Å². The lowest BCUT2D eigenvalue weighted by Crippen LogP contribution is -2.16. The molecule has 2 nitrogen and oxygen atoms in total. The Hall–Kier alpha value is -1.31. The maximum absolute atomic E-state index is 11.5. The second-order valence-corrected chi connectivity index (χ2v) is 4.14. The SMILES string of the molecule is COC(=O)C1=C[C@H]2C=C[C@H]3C=C[C@H]1[C@@H]32. The number of hydrogen-bond donors (Lipinski definition) is 0. The van der Waals surface area contributed by atoms with Crippen LogP contribution in [0.3, 0.4) is 0 Å². The molecule has 2 heteroatoms. The molecule has 14 heavy (non-hydrogen) atoms. The highest BCUT2D eigenvalue weighted by molar-refractivity contribution is 5.90. The van der Waals surface area contributed by atoms with E-state index in [4.69, 9.17) is 4.74 Å². The van der Waals surface area contributed by atoms with E-state index >= 15 is 0 Å². The van der Waals surface area contributed by atoms with Crippen molar-refractivity contribution < 1.29 is 9.53 Å². The van der Waals surface area contributed by atoms with Crippen LogP contribution < -0.4 is 0 Å². The number of hydrogen-bond acceptors (Lipinski definition) is 2. The molecule has 0 aromatic carbocycles. The quantitative estimate of drug-likeness (QED) is 0.462. The molecule has 4 atom stereocenters. The first kappa shape index (κ1) is 8.04. The molecular formula is C12H12O2. The van der Waals surface area contributed by atoms with Crippen LogP contribution in [-0.2, 0) is 9.53 Å². The Labute approximate surface area is 82.9 Å². The number of allylic oxidation sites excluding steroid dienone is 5. The normalized spacial score (nSPS) is 41.4. The first-order valence-electron chi connectivity index (χ1n) is 4.98. The van der Waals surface area contributed by atoms with E-state index in [-0.39, 0.29) is 5.97 Å². The van der Waals surface area contributed by atoms with Crippen LogP contribution in [0.15, 0.2) is 36.0 Å². The topological polar surface area (TPSA) is 26.3 Å². The van der Waals surface area contributed by atoms with Gasteiger partial charge in [-0.3, -0.25) is 0 Å². The zero-order valence-electron chi connectivity index (χ0n) is 8.01. The number of carbonyl (C=O) groups is 1. The standard InChI is InChI=1S/C12H12O2/c1-14-12(13)10-6-8-3-2-7-4-5-9(10)11(7)8/h2-9,11H,1H3/t7-,8+,9+,11-/m0/s1. The number of ether oxygens (including phenoxy) is 1. The third kappa shape index (κ3) is 0.834. The minimum absolute atomic E-state index is 0.164. The van der Waals surface area contributed by atoms with Gasteiger partial charge in [-0.05, 0) is 11.8 Å². The van der Waals surface area contributed by atoms with Crippen molar-refractivity contribution in [2.75, 3.05) is 7.11 Å². The summed E-state index contributed by atoms with van der Waals surface area (Å²) < 4.78 is 4.78. The van der Waals surface area contributed by atoms with Crippen molar-refractivity contribution in [1.29, 1.82) is 0 Å². The lowest BCUT2D eigenvalue weighted by atomic mass is 9.87. The molecule has 0 heterocycles. The van der Waals surface area contributed by atoms with Crippen LogP contribution >= 0.6 is 0 Å². The van der Waals surface area contributed by atoms with Crippen molar-refractivity contribution in [1.82, 2.24) is 0 Å². The van der Waals surface area contributed by atoms with Crippen LogP contribution in [0.5, 0.6) is 0 Å². The molecule has 0 aliphatic heterocycles. The van der Waals surface area contributed by atoms with Crippen molar-refractivity contribution in [2.45, 2.75) is 0 Å². The van der Waals surface area contributed by atoms with Crippen LogP contribution in [0.1, 0.15) is 0 Å². The van der Waals surface area contributed by atoms with Crippen molar-refractivity contribution in [2.24, 2.45) is 23.7 Å². The summed E-state index contributed by atoms with van der Waals surface area (Å²) in [6, 6.07) is 0. The maximum Gasteiger partial charge on any atom is 0.334 e. The van der Waals surface area contributed by atoms with Gasteiger partial charge < -0.3 is 4.74 Å². The fourth-order valence-corrected chi connectivity index (χ4v) is 2.94. The Balaban J connectivity index is 1.99. The molecule has 3 rings (SSSR count). The number of methoxy groups -OCH3 is 1. The molecule has 3 aliphatic carbocycles. The molecule has 0 saturated heterocycles. The predicted molar refractivity (Wildman–Crippen MR) is 52.3 cm³/mol. The molecule has 0 aromatic rings. The molecule has 0 fully saturated rings. The van der Waals surface area contributed by atoms with E-state index in [0.717, 1.165) is 5.57 Å². The Kier molecular flexibility index (Phi) is 1.49. The van der Waals surface area contributed by atoms with E-state index in [9.17, 15) is 4.79 Å². The van der Waals surface area contributed by atoms with Gasteiger partial charge in [-0.2, -0.15) is 0 Å². The Morgan fingerprint density at radius 2 is 1.93 bits per heavy atom. The summed E-state index contributed by atoms with van der Waals surface area (Å²) in [6.07, 6.45) is 10.9. The summed E-state index contributed by atoms with van der Waals surface area (Å²) in [5.74, 6) is 1.71. The Morgan fingerprint density at radius 3 is 2.71 bits per heavy atom. The third-order valence-electron chi connectivity index (χ3n) is 3.55. The molecule has 3 aliphatic rings. The lowest BCUT2D eigenvalue weighted by Gasteiger charge is -2.16. The molecule has 0 aromatic heterocycles. The highest BCUT2D eigenvalue weighted by atomic mass is 16.5. The van der Waals surface area contributed by atoms with Crippen LogP contribution in [0, 0.1) is 23.7 Å². The van der Waals surface area contributed by atoms with E-state index in [1.54, 1.807) is 0 Å². The fourth-order valence-electron chi connectivity index (χ4n) is 2.94. The molecule has 0 spiro atoms. The molecule has 0 amide bonds. The zero-order valence-corrected chi connectivity index (χ0v) is 8.01. The van der Waals surface area contributed by atoms with Gasteiger partial charge in [0.2, 0.25) is 0 Å². The van der Waals surface area contributed by atoms with Crippen molar-refractivity contribution in [3.63, 3.8) is 0 Å². The third-order valence-corrected chi connectivity index (χ3v) is 3.55. The maximum atomic E-state index is 11.5. The molecule has 72 valence electrons. The number of carbonyl (C=O) groups excluding carboxylic acids is 1. The van der Waals surface area contributed by atoms with Crippen LogP contribution in [0.2, 0.25) is 0 Å². The van der Waals surface area contributed by atoms with E-state index in [2.05, 4.69) is 30.4 Å². The summed E-state index contributed by atoms with van der Waals surface area (Å²) >= 11 is 0. The molecule has 0 radical (unpaired) electrons. The van der Waals surface area contributed by atoms with Gasteiger partial charge in [0.25, 0.3) is 0 Å². The summed E-state index contributed by atoms with van der Waals surface area (Å²) in [6.45, 7) is 0. The molecular weight excluding hydrogens is 176 g/mol. The van der Waals surface area contributed by atoms with Gasteiger partial charge in [-0.25, -0.2) is 4.79 Å². The average Bonchev–Trinajstić information content (AvgIpc) is 2.83. The summed E-state index contributed by atoms with van der Waals surface area (Å²) in [5, 5.41) is 0. The molecule has 0 bridgehead atoms. The summed E-state index contributed by atoms with van der Waals surface area (Å²) in [4.78, 5) is 11.5. The second-order valence-electron chi connectivity index (χ2n) is 4.14. The van der Waals surface area contributed by atoms with Gasteiger partial charge in [-0.15, -0.1) is 0 Å². The van der Waals surface area contributed by atoms with Crippen LogP contribution in [-0.4, -0.2) is 13.1 Å². The fraction of sp³-hybridized carbons (Fsp3) is 0.417. The minimum Gasteiger partial charge on any atom is -0.466 e. The van der Waals surface area contributed by atoms with Gasteiger partial charge >= 0.3 is 5.97 Å². The Morgan fingerprint density at radius 1 is 1.21 bits per heavy atom. The smallest absolute Gasteiger partial charge is 0.334 e. The van der Waals surface area contributed by atoms with Gasteiger partial charge in [0, 0.05) is 17.4 Å². The van der Waals surface area contributed by atoms with Gasteiger partial charge in [0.1, 0.15) is 0 Å². The largest absolute Gasteiger partial charge is 0.466 e. The average molecular weight is 188 g/mol. The van der Waals surface area contributed by atoms with E-state index in [1.807, 2.05) is 0 Å². The highest BCUT2D eigenvalue weighted by Crippen LogP contribution is 2.51. The predicted octanol–water partition coefficient (Wildman–Crippen LogP) is 1.70. The van der Waals surface area contributed by atoms with Crippen molar-refractivity contribution >= 4 is 5.97 Å². The van der Waals surface area contributed by atoms with Gasteiger partial charge in [0.15, 0.2) is 0 Å². The van der Waals surface area contributed by atoms with Crippen molar-refractivity contribution in [3.8, 4) is 0 Å². The van der Waals surface area contributed by atoms with Gasteiger partial charge in [0.05, 0.1) is 7.11 Å². The van der Waals surface area contributed by atoms with Crippen LogP contribution in [0.25, 0.3) is 0 Å². The van der Waals surface area contributed by atoms with E-state index < -0.39 is 0 Å².